The summed E-state index contributed by atoms with van der Waals surface area (Å²) in [4.78, 5) is 8.57. The number of ether oxygens (including phenoxy) is 1. The summed E-state index contributed by atoms with van der Waals surface area (Å²) in [6.45, 7) is 11.7. The van der Waals surface area contributed by atoms with Gasteiger partial charge in [0.25, 0.3) is 0 Å². The van der Waals surface area contributed by atoms with Crippen LogP contribution in [0.25, 0.3) is 0 Å². The zero-order valence-electron chi connectivity index (χ0n) is 14.2. The molecule has 5 nitrogen and oxygen atoms in total. The van der Waals surface area contributed by atoms with Crippen LogP contribution < -0.4 is 15.8 Å². The second-order valence-corrected chi connectivity index (χ2v) is 6.53. The normalized spacial score (nSPS) is 12.0. The van der Waals surface area contributed by atoms with Gasteiger partial charge in [0.15, 0.2) is 5.96 Å². The van der Waals surface area contributed by atoms with Crippen LogP contribution in [0.3, 0.4) is 0 Å². The van der Waals surface area contributed by atoms with Crippen LogP contribution in [0.4, 0.5) is 0 Å². The van der Waals surface area contributed by atoms with E-state index in [9.17, 15) is 0 Å². The molecule has 1 heterocycles. The molecular weight excluding hydrogens is 391 g/mol. The van der Waals surface area contributed by atoms with Crippen molar-refractivity contribution in [2.45, 2.75) is 53.2 Å². The van der Waals surface area contributed by atoms with Crippen LogP contribution in [-0.4, -0.2) is 23.1 Å². The van der Waals surface area contributed by atoms with Crippen molar-refractivity contribution in [1.82, 2.24) is 10.3 Å². The van der Waals surface area contributed by atoms with Gasteiger partial charge in [-0.1, -0.05) is 19.9 Å². The molecule has 0 atom stereocenters. The molecule has 0 radical (unpaired) electrons. The summed E-state index contributed by atoms with van der Waals surface area (Å²) in [5.74, 6) is 1.76. The lowest BCUT2D eigenvalue weighted by Crippen LogP contribution is -2.32. The molecule has 1 aromatic heterocycles. The fourth-order valence-electron chi connectivity index (χ4n) is 1.60. The number of pyridine rings is 1. The zero-order chi connectivity index (χ0) is 15.9. The molecule has 0 bridgehead atoms. The van der Waals surface area contributed by atoms with Gasteiger partial charge < -0.3 is 15.8 Å². The van der Waals surface area contributed by atoms with E-state index in [1.54, 1.807) is 6.20 Å². The van der Waals surface area contributed by atoms with Gasteiger partial charge in [0.05, 0.1) is 6.54 Å². The number of aromatic nitrogens is 1. The number of rotatable bonds is 6. The summed E-state index contributed by atoms with van der Waals surface area (Å²) in [5.41, 5.74) is 6.58. The van der Waals surface area contributed by atoms with Crippen LogP contribution in [0.2, 0.25) is 0 Å². The Hall–Kier alpha value is -1.05. The highest BCUT2D eigenvalue weighted by molar-refractivity contribution is 14.0. The molecule has 1 aromatic rings. The molecule has 0 amide bonds. The van der Waals surface area contributed by atoms with E-state index in [1.165, 1.54) is 0 Å². The lowest BCUT2D eigenvalue weighted by Gasteiger charge is -2.20. The minimum Gasteiger partial charge on any atom is -0.472 e. The standard InChI is InChI=1S/C16H28N4O.HI/c1-12(2)8-9-18-15(17)20-11-13-6-7-14(19-10-13)21-16(3,4)5;/h6-7,10,12H,8-9,11H2,1-5H3,(H3,17,18,20);1H. The van der Waals surface area contributed by atoms with Crippen molar-refractivity contribution in [2.75, 3.05) is 6.54 Å². The van der Waals surface area contributed by atoms with Crippen LogP contribution in [0.15, 0.2) is 23.3 Å². The molecule has 3 N–H and O–H groups in total. The minimum atomic E-state index is -0.239. The Morgan fingerprint density at radius 2 is 2.05 bits per heavy atom. The predicted octanol–water partition coefficient (Wildman–Crippen LogP) is 3.33. The monoisotopic (exact) mass is 420 g/mol. The average Bonchev–Trinajstić information content (AvgIpc) is 2.35. The van der Waals surface area contributed by atoms with Crippen molar-refractivity contribution < 1.29 is 4.74 Å². The summed E-state index contributed by atoms with van der Waals surface area (Å²) in [6.07, 6.45) is 2.85. The first-order chi connectivity index (χ1) is 9.76. The topological polar surface area (TPSA) is 72.5 Å². The maximum atomic E-state index is 5.81. The molecule has 0 aliphatic carbocycles. The molecule has 0 aliphatic heterocycles. The van der Waals surface area contributed by atoms with Crippen molar-refractivity contribution in [3.63, 3.8) is 0 Å². The first-order valence-corrected chi connectivity index (χ1v) is 7.44. The third-order valence-electron chi connectivity index (χ3n) is 2.67. The molecule has 22 heavy (non-hydrogen) atoms. The third kappa shape index (κ3) is 9.81. The van der Waals surface area contributed by atoms with Crippen LogP contribution in [0.5, 0.6) is 5.88 Å². The van der Waals surface area contributed by atoms with E-state index in [0.29, 0.717) is 24.3 Å². The highest BCUT2D eigenvalue weighted by Gasteiger charge is 2.12. The first kappa shape index (κ1) is 20.9. The number of aliphatic imine (C=N–C) groups is 1. The maximum absolute atomic E-state index is 5.81. The van der Waals surface area contributed by atoms with E-state index in [0.717, 1.165) is 18.5 Å². The number of hydrogen-bond acceptors (Lipinski definition) is 3. The van der Waals surface area contributed by atoms with Crippen molar-refractivity contribution in [3.05, 3.63) is 23.9 Å². The van der Waals surface area contributed by atoms with Crippen molar-refractivity contribution in [1.29, 1.82) is 0 Å². The molecule has 0 saturated heterocycles. The van der Waals surface area contributed by atoms with E-state index >= 15 is 0 Å². The Labute approximate surface area is 151 Å². The van der Waals surface area contributed by atoms with Crippen molar-refractivity contribution in [3.8, 4) is 5.88 Å². The molecule has 6 heteroatoms. The van der Waals surface area contributed by atoms with Gasteiger partial charge in [-0.2, -0.15) is 0 Å². The second kappa shape index (κ2) is 9.86. The van der Waals surface area contributed by atoms with Crippen LogP contribution in [0.1, 0.15) is 46.6 Å². The average molecular weight is 420 g/mol. The lowest BCUT2D eigenvalue weighted by molar-refractivity contribution is 0.124. The quantitative estimate of drug-likeness (QED) is 0.421. The molecule has 126 valence electrons. The van der Waals surface area contributed by atoms with Gasteiger partial charge in [-0.25, -0.2) is 9.98 Å². The Morgan fingerprint density at radius 3 is 2.55 bits per heavy atom. The molecule has 1 rings (SSSR count). The first-order valence-electron chi connectivity index (χ1n) is 7.44. The minimum absolute atomic E-state index is 0. The summed E-state index contributed by atoms with van der Waals surface area (Å²) in [6, 6.07) is 3.82. The molecule has 0 spiro atoms. The smallest absolute Gasteiger partial charge is 0.213 e. The van der Waals surface area contributed by atoms with Gasteiger partial charge >= 0.3 is 0 Å². The fourth-order valence-corrected chi connectivity index (χ4v) is 1.60. The molecule has 0 saturated carbocycles. The van der Waals surface area contributed by atoms with Gasteiger partial charge in [0, 0.05) is 18.8 Å². The molecular formula is C16H29IN4O. The highest BCUT2D eigenvalue weighted by atomic mass is 127. The summed E-state index contributed by atoms with van der Waals surface area (Å²) in [7, 11) is 0. The van der Waals surface area contributed by atoms with Crippen LogP contribution in [0, 0.1) is 5.92 Å². The summed E-state index contributed by atoms with van der Waals surface area (Å²) >= 11 is 0. The van der Waals surface area contributed by atoms with E-state index in [-0.39, 0.29) is 29.6 Å². The van der Waals surface area contributed by atoms with Crippen molar-refractivity contribution in [2.24, 2.45) is 16.6 Å². The van der Waals surface area contributed by atoms with Gasteiger partial charge in [-0.3, -0.25) is 0 Å². The molecule has 0 aliphatic rings. The number of nitrogens with two attached hydrogens (primary N) is 1. The SMILES string of the molecule is CC(C)CCNC(N)=NCc1ccc(OC(C)(C)C)nc1.I. The lowest BCUT2D eigenvalue weighted by atomic mass is 10.1. The Balaban J connectivity index is 0.00000441. The maximum Gasteiger partial charge on any atom is 0.213 e. The predicted molar refractivity (Wildman–Crippen MR) is 103 cm³/mol. The van der Waals surface area contributed by atoms with E-state index in [2.05, 4.69) is 29.1 Å². The Bertz CT molecular complexity index is 452. The van der Waals surface area contributed by atoms with Crippen LogP contribution in [-0.2, 0) is 6.54 Å². The number of nitrogens with zero attached hydrogens (tertiary/aromatic N) is 2. The molecule has 0 fully saturated rings. The summed E-state index contributed by atoms with van der Waals surface area (Å²) < 4.78 is 5.67. The van der Waals surface area contributed by atoms with Crippen molar-refractivity contribution >= 4 is 29.9 Å². The zero-order valence-corrected chi connectivity index (χ0v) is 16.5. The number of guanidine groups is 1. The number of halogens is 1. The van der Waals surface area contributed by atoms with E-state index < -0.39 is 0 Å². The van der Waals surface area contributed by atoms with Gasteiger partial charge in [-0.15, -0.1) is 24.0 Å². The number of hydrogen-bond donors (Lipinski definition) is 2. The number of nitrogens with one attached hydrogen (secondary N) is 1. The fraction of sp³-hybridized carbons (Fsp3) is 0.625. The highest BCUT2D eigenvalue weighted by Crippen LogP contribution is 2.15. The van der Waals surface area contributed by atoms with E-state index in [4.69, 9.17) is 10.5 Å². The Morgan fingerprint density at radius 1 is 1.36 bits per heavy atom. The molecule has 0 unspecified atom stereocenters. The largest absolute Gasteiger partial charge is 0.472 e. The summed E-state index contributed by atoms with van der Waals surface area (Å²) in [5, 5.41) is 3.11. The Kier molecular flexibility index (Phi) is 9.39. The van der Waals surface area contributed by atoms with Gasteiger partial charge in [0.2, 0.25) is 5.88 Å². The van der Waals surface area contributed by atoms with Gasteiger partial charge in [0.1, 0.15) is 5.60 Å². The third-order valence-corrected chi connectivity index (χ3v) is 2.67. The molecule has 0 aromatic carbocycles. The second-order valence-electron chi connectivity index (χ2n) is 6.53. The van der Waals surface area contributed by atoms with E-state index in [1.807, 2.05) is 32.9 Å². The van der Waals surface area contributed by atoms with Crippen LogP contribution >= 0.6 is 24.0 Å². The van der Waals surface area contributed by atoms with Gasteiger partial charge in [-0.05, 0) is 38.7 Å².